The van der Waals surface area contributed by atoms with E-state index < -0.39 is 0 Å². The van der Waals surface area contributed by atoms with Crippen molar-refractivity contribution in [3.8, 4) is 22.6 Å². The largest absolute Gasteiger partial charge is 0.493 e. The van der Waals surface area contributed by atoms with Gasteiger partial charge in [0.1, 0.15) is 6.61 Å². The van der Waals surface area contributed by atoms with E-state index in [0.29, 0.717) is 30.2 Å². The van der Waals surface area contributed by atoms with Crippen molar-refractivity contribution >= 4 is 5.91 Å². The van der Waals surface area contributed by atoms with Crippen LogP contribution >= 0.6 is 0 Å². The molecule has 1 N–H and O–H groups in total. The Morgan fingerprint density at radius 1 is 0.844 bits per heavy atom. The minimum atomic E-state index is -0.124. The summed E-state index contributed by atoms with van der Waals surface area (Å²) in [5, 5.41) is 3.01. The van der Waals surface area contributed by atoms with Gasteiger partial charge in [-0.25, -0.2) is 0 Å². The van der Waals surface area contributed by atoms with Gasteiger partial charge in [0.2, 0.25) is 0 Å². The van der Waals surface area contributed by atoms with E-state index in [9.17, 15) is 4.79 Å². The fourth-order valence-corrected chi connectivity index (χ4v) is 3.41. The smallest absolute Gasteiger partial charge is 0.252 e. The van der Waals surface area contributed by atoms with Gasteiger partial charge in [-0.1, -0.05) is 54.6 Å². The fourth-order valence-electron chi connectivity index (χ4n) is 3.41. The summed E-state index contributed by atoms with van der Waals surface area (Å²) in [6, 6.07) is 27.0. The zero-order chi connectivity index (χ0) is 22.2. The fraction of sp³-hybridized carbons (Fsp3) is 0.111. The highest BCUT2D eigenvalue weighted by atomic mass is 16.5. The first kappa shape index (κ1) is 21.1. The molecular formula is C27H24N2O3. The van der Waals surface area contributed by atoms with Crippen LogP contribution < -0.4 is 14.8 Å². The minimum Gasteiger partial charge on any atom is -0.493 e. The van der Waals surface area contributed by atoms with Gasteiger partial charge in [-0.3, -0.25) is 9.78 Å². The summed E-state index contributed by atoms with van der Waals surface area (Å²) in [6.45, 7) is 0.800. The molecule has 5 heteroatoms. The Balaban J connectivity index is 1.43. The van der Waals surface area contributed by atoms with Crippen molar-refractivity contribution in [2.45, 2.75) is 13.2 Å². The van der Waals surface area contributed by atoms with Gasteiger partial charge < -0.3 is 14.8 Å². The van der Waals surface area contributed by atoms with Gasteiger partial charge in [-0.2, -0.15) is 0 Å². The molecule has 0 radical (unpaired) electrons. The van der Waals surface area contributed by atoms with Crippen molar-refractivity contribution in [3.63, 3.8) is 0 Å². The molecule has 4 rings (SSSR count). The molecule has 160 valence electrons. The molecule has 0 aliphatic rings. The molecule has 0 saturated heterocycles. The van der Waals surface area contributed by atoms with Crippen molar-refractivity contribution in [1.29, 1.82) is 0 Å². The van der Waals surface area contributed by atoms with Gasteiger partial charge in [0, 0.05) is 24.5 Å². The maximum atomic E-state index is 12.9. The molecule has 32 heavy (non-hydrogen) atoms. The lowest BCUT2D eigenvalue weighted by molar-refractivity contribution is 0.0951. The summed E-state index contributed by atoms with van der Waals surface area (Å²) >= 11 is 0. The number of rotatable bonds is 8. The van der Waals surface area contributed by atoms with E-state index in [1.165, 1.54) is 0 Å². The first-order chi connectivity index (χ1) is 15.7. The predicted molar refractivity (Wildman–Crippen MR) is 125 cm³/mol. The third kappa shape index (κ3) is 5.13. The van der Waals surface area contributed by atoms with E-state index in [1.807, 2.05) is 84.9 Å². The summed E-state index contributed by atoms with van der Waals surface area (Å²) in [4.78, 5) is 16.9. The third-order valence-corrected chi connectivity index (χ3v) is 5.08. The second-order valence-electron chi connectivity index (χ2n) is 7.22. The Bertz CT molecular complexity index is 1180. The second kappa shape index (κ2) is 10.3. The number of nitrogens with zero attached hydrogens (tertiary/aromatic N) is 1. The number of aromatic nitrogens is 1. The van der Waals surface area contributed by atoms with E-state index in [4.69, 9.17) is 9.47 Å². The number of ether oxygens (including phenoxy) is 2. The molecule has 0 aliphatic carbocycles. The molecule has 3 aromatic carbocycles. The molecule has 1 aromatic heterocycles. The maximum absolute atomic E-state index is 12.9. The van der Waals surface area contributed by atoms with E-state index in [-0.39, 0.29) is 5.91 Å². The summed E-state index contributed by atoms with van der Waals surface area (Å²) in [6.07, 6.45) is 3.47. The Hall–Kier alpha value is -4.12. The van der Waals surface area contributed by atoms with Gasteiger partial charge >= 0.3 is 0 Å². The molecule has 1 heterocycles. The van der Waals surface area contributed by atoms with E-state index in [0.717, 1.165) is 22.3 Å². The predicted octanol–water partition coefficient (Wildman–Crippen LogP) is 5.27. The SMILES string of the molecule is COc1cc(CNC(=O)c2ccccc2-c2ccccc2)ccc1OCc1ccncc1. The molecular weight excluding hydrogens is 400 g/mol. The second-order valence-corrected chi connectivity index (χ2v) is 7.22. The van der Waals surface area contributed by atoms with Crippen LogP contribution in [0.5, 0.6) is 11.5 Å². The average Bonchev–Trinajstić information content (AvgIpc) is 2.87. The molecule has 0 aliphatic heterocycles. The number of nitrogens with one attached hydrogen (secondary N) is 1. The number of methoxy groups -OCH3 is 1. The number of carbonyl (C=O) groups excluding carboxylic acids is 1. The monoisotopic (exact) mass is 424 g/mol. The molecule has 4 aromatic rings. The van der Waals surface area contributed by atoms with Gasteiger partial charge in [-0.15, -0.1) is 0 Å². The van der Waals surface area contributed by atoms with Gasteiger partial charge in [0.05, 0.1) is 7.11 Å². The van der Waals surface area contributed by atoms with Crippen LogP contribution in [-0.2, 0) is 13.2 Å². The highest BCUT2D eigenvalue weighted by Gasteiger charge is 2.13. The summed E-state index contributed by atoms with van der Waals surface area (Å²) in [7, 11) is 1.60. The third-order valence-electron chi connectivity index (χ3n) is 5.08. The number of carbonyl (C=O) groups is 1. The molecule has 1 amide bonds. The van der Waals surface area contributed by atoms with Crippen LogP contribution in [0.15, 0.2) is 97.3 Å². The summed E-state index contributed by atoms with van der Waals surface area (Å²) < 4.78 is 11.4. The average molecular weight is 425 g/mol. The quantitative estimate of drug-likeness (QED) is 0.419. The Morgan fingerprint density at radius 3 is 2.38 bits per heavy atom. The normalized spacial score (nSPS) is 10.4. The van der Waals surface area contributed by atoms with Gasteiger partial charge in [0.15, 0.2) is 11.5 Å². The minimum absolute atomic E-state index is 0.124. The van der Waals surface area contributed by atoms with Crippen LogP contribution in [0.3, 0.4) is 0 Å². The van der Waals surface area contributed by atoms with Gasteiger partial charge in [-0.05, 0) is 52.6 Å². The van der Waals surface area contributed by atoms with Crippen molar-refractivity contribution in [3.05, 3.63) is 114 Å². The van der Waals surface area contributed by atoms with E-state index >= 15 is 0 Å². The Kier molecular flexibility index (Phi) is 6.78. The molecule has 0 atom stereocenters. The van der Waals surface area contributed by atoms with E-state index in [1.54, 1.807) is 19.5 Å². The molecule has 0 spiro atoms. The molecule has 0 fully saturated rings. The number of amides is 1. The van der Waals surface area contributed by atoms with E-state index in [2.05, 4.69) is 10.3 Å². The number of hydrogen-bond donors (Lipinski definition) is 1. The number of benzene rings is 3. The standard InChI is InChI=1S/C27H24N2O3/c1-31-26-17-21(11-12-25(26)32-19-20-13-15-28-16-14-20)18-29-27(30)24-10-6-5-9-23(24)22-7-3-2-4-8-22/h2-17H,18-19H2,1H3,(H,29,30). The van der Waals surface area contributed by atoms with Crippen LogP contribution in [0.1, 0.15) is 21.5 Å². The van der Waals surface area contributed by atoms with Crippen molar-refractivity contribution in [2.24, 2.45) is 0 Å². The highest BCUT2D eigenvalue weighted by molar-refractivity contribution is 6.00. The first-order valence-corrected chi connectivity index (χ1v) is 10.4. The highest BCUT2D eigenvalue weighted by Crippen LogP contribution is 2.29. The summed E-state index contributed by atoms with van der Waals surface area (Å²) in [5.41, 5.74) is 4.50. The number of hydrogen-bond acceptors (Lipinski definition) is 4. The molecule has 0 unspecified atom stereocenters. The molecule has 0 saturated carbocycles. The lowest BCUT2D eigenvalue weighted by Crippen LogP contribution is -2.23. The Labute approximate surface area is 187 Å². The van der Waals surface area contributed by atoms with Crippen LogP contribution in [0.2, 0.25) is 0 Å². The van der Waals surface area contributed by atoms with Crippen LogP contribution in [0, 0.1) is 0 Å². The lowest BCUT2D eigenvalue weighted by atomic mass is 9.99. The van der Waals surface area contributed by atoms with Crippen molar-refractivity contribution < 1.29 is 14.3 Å². The topological polar surface area (TPSA) is 60.5 Å². The molecule has 0 bridgehead atoms. The van der Waals surface area contributed by atoms with Crippen LogP contribution in [0.4, 0.5) is 0 Å². The summed E-state index contributed by atoms with van der Waals surface area (Å²) in [5.74, 6) is 1.14. The lowest BCUT2D eigenvalue weighted by Gasteiger charge is -2.13. The van der Waals surface area contributed by atoms with Crippen LogP contribution in [-0.4, -0.2) is 18.0 Å². The number of pyridine rings is 1. The maximum Gasteiger partial charge on any atom is 0.252 e. The van der Waals surface area contributed by atoms with Crippen molar-refractivity contribution in [1.82, 2.24) is 10.3 Å². The first-order valence-electron chi connectivity index (χ1n) is 10.4. The Morgan fingerprint density at radius 2 is 1.59 bits per heavy atom. The van der Waals surface area contributed by atoms with Crippen molar-refractivity contribution in [2.75, 3.05) is 7.11 Å². The zero-order valence-corrected chi connectivity index (χ0v) is 17.8. The van der Waals surface area contributed by atoms with Gasteiger partial charge in [0.25, 0.3) is 5.91 Å². The van der Waals surface area contributed by atoms with Crippen LogP contribution in [0.25, 0.3) is 11.1 Å². The zero-order valence-electron chi connectivity index (χ0n) is 17.8. The molecule has 5 nitrogen and oxygen atoms in total.